The average molecular weight is 496 g/mol. The SMILES string of the molecule is C[C@@H](/C=C/CCO)[C@]1(O)C(=O)N(c2ccccc2)c2ccc(N3N=C(c4ccccc4)CCC3=O)cc21. The topological polar surface area (TPSA) is 93.4 Å². The van der Waals surface area contributed by atoms with Gasteiger partial charge in [0.2, 0.25) is 5.91 Å². The van der Waals surface area contributed by atoms with Crippen molar-refractivity contribution < 1.29 is 19.8 Å². The van der Waals surface area contributed by atoms with Crippen LogP contribution in [0.1, 0.15) is 37.3 Å². The maximum Gasteiger partial charge on any atom is 0.268 e. The van der Waals surface area contributed by atoms with Crippen LogP contribution >= 0.6 is 0 Å². The summed E-state index contributed by atoms with van der Waals surface area (Å²) in [5, 5.41) is 27.2. The van der Waals surface area contributed by atoms with Gasteiger partial charge in [0, 0.05) is 36.6 Å². The fraction of sp³-hybridized carbons (Fsp3) is 0.233. The fourth-order valence-electron chi connectivity index (χ4n) is 4.93. The molecule has 2 aliphatic rings. The maximum absolute atomic E-state index is 13.8. The first kappa shape index (κ1) is 24.6. The number of hydrogen-bond donors (Lipinski definition) is 2. The van der Waals surface area contributed by atoms with Crippen LogP contribution in [0.3, 0.4) is 0 Å². The number of carbonyl (C=O) groups is 2. The summed E-state index contributed by atoms with van der Waals surface area (Å²) in [6.07, 6.45) is 4.78. The van der Waals surface area contributed by atoms with E-state index in [1.54, 1.807) is 37.3 Å². The van der Waals surface area contributed by atoms with Gasteiger partial charge in [0.25, 0.3) is 5.91 Å². The molecule has 0 spiro atoms. The fourth-order valence-corrected chi connectivity index (χ4v) is 4.93. The molecule has 2 atom stereocenters. The van der Waals surface area contributed by atoms with Crippen molar-refractivity contribution in [2.24, 2.45) is 11.0 Å². The molecule has 3 aromatic carbocycles. The van der Waals surface area contributed by atoms with Crippen molar-refractivity contribution in [1.29, 1.82) is 0 Å². The molecule has 0 radical (unpaired) electrons. The zero-order valence-electron chi connectivity index (χ0n) is 20.6. The van der Waals surface area contributed by atoms with E-state index < -0.39 is 17.4 Å². The lowest BCUT2D eigenvalue weighted by Crippen LogP contribution is -2.42. The second-order valence-corrected chi connectivity index (χ2v) is 9.29. The molecule has 3 aromatic rings. The minimum Gasteiger partial charge on any atom is -0.396 e. The molecule has 2 amide bonds. The van der Waals surface area contributed by atoms with Crippen molar-refractivity contribution in [3.8, 4) is 0 Å². The molecule has 188 valence electrons. The molecule has 2 heterocycles. The van der Waals surface area contributed by atoms with Gasteiger partial charge >= 0.3 is 0 Å². The van der Waals surface area contributed by atoms with Crippen LogP contribution in [0.15, 0.2) is 96.1 Å². The normalized spacial score (nSPS) is 20.4. The molecule has 2 N–H and O–H groups in total. The van der Waals surface area contributed by atoms with E-state index in [0.717, 1.165) is 11.3 Å². The van der Waals surface area contributed by atoms with Crippen LogP contribution in [0.25, 0.3) is 0 Å². The second kappa shape index (κ2) is 10.1. The van der Waals surface area contributed by atoms with Crippen molar-refractivity contribution in [3.05, 3.63) is 102 Å². The van der Waals surface area contributed by atoms with E-state index in [4.69, 9.17) is 0 Å². The van der Waals surface area contributed by atoms with Crippen LogP contribution < -0.4 is 9.91 Å². The van der Waals surface area contributed by atoms with Gasteiger partial charge in [-0.05, 0) is 42.3 Å². The van der Waals surface area contributed by atoms with E-state index in [2.05, 4.69) is 5.10 Å². The number of hydrazone groups is 1. The van der Waals surface area contributed by atoms with Gasteiger partial charge in [-0.2, -0.15) is 5.10 Å². The number of rotatable bonds is 7. The Bertz CT molecular complexity index is 1370. The van der Waals surface area contributed by atoms with Crippen molar-refractivity contribution >= 4 is 34.6 Å². The van der Waals surface area contributed by atoms with Crippen molar-refractivity contribution in [2.75, 3.05) is 16.5 Å². The third-order valence-corrected chi connectivity index (χ3v) is 6.94. The highest BCUT2D eigenvalue weighted by Gasteiger charge is 2.53. The number of aliphatic hydroxyl groups excluding tert-OH is 1. The minimum atomic E-state index is -1.86. The molecule has 0 bridgehead atoms. The zero-order chi connectivity index (χ0) is 26.0. The van der Waals surface area contributed by atoms with Gasteiger partial charge in [-0.25, -0.2) is 5.01 Å². The van der Waals surface area contributed by atoms with E-state index in [1.165, 1.54) is 9.91 Å². The Kier molecular flexibility index (Phi) is 6.74. The number of amides is 2. The van der Waals surface area contributed by atoms with Crippen LogP contribution in [0, 0.1) is 5.92 Å². The number of benzene rings is 3. The highest BCUT2D eigenvalue weighted by Crippen LogP contribution is 2.49. The first-order valence-corrected chi connectivity index (χ1v) is 12.4. The molecule has 37 heavy (non-hydrogen) atoms. The molecule has 7 nitrogen and oxygen atoms in total. The summed E-state index contributed by atoms with van der Waals surface area (Å²) in [5.74, 6) is -1.21. The van der Waals surface area contributed by atoms with Crippen LogP contribution in [0.2, 0.25) is 0 Å². The summed E-state index contributed by atoms with van der Waals surface area (Å²) >= 11 is 0. The second-order valence-electron chi connectivity index (χ2n) is 9.29. The van der Waals surface area contributed by atoms with Crippen LogP contribution in [-0.4, -0.2) is 34.3 Å². The van der Waals surface area contributed by atoms with Gasteiger partial charge < -0.3 is 10.2 Å². The number of fused-ring (bicyclic) bond motifs is 1. The number of carbonyl (C=O) groups excluding carboxylic acids is 2. The monoisotopic (exact) mass is 495 g/mol. The summed E-state index contributed by atoms with van der Waals surface area (Å²) in [6.45, 7) is 1.75. The molecular formula is C30H29N3O4. The van der Waals surface area contributed by atoms with Gasteiger partial charge in [-0.1, -0.05) is 67.6 Å². The highest BCUT2D eigenvalue weighted by atomic mass is 16.3. The van der Waals surface area contributed by atoms with E-state index in [9.17, 15) is 19.8 Å². The van der Waals surface area contributed by atoms with Gasteiger partial charge in [-0.15, -0.1) is 0 Å². The van der Waals surface area contributed by atoms with Gasteiger partial charge in [0.15, 0.2) is 5.60 Å². The van der Waals surface area contributed by atoms with E-state index in [-0.39, 0.29) is 12.5 Å². The summed E-state index contributed by atoms with van der Waals surface area (Å²) in [7, 11) is 0. The summed E-state index contributed by atoms with van der Waals surface area (Å²) < 4.78 is 0. The molecule has 2 aliphatic heterocycles. The van der Waals surface area contributed by atoms with Crippen molar-refractivity contribution in [3.63, 3.8) is 0 Å². The lowest BCUT2D eigenvalue weighted by molar-refractivity contribution is -0.138. The zero-order valence-corrected chi connectivity index (χ0v) is 20.6. The van der Waals surface area contributed by atoms with Gasteiger partial charge in [0.05, 0.1) is 17.1 Å². The molecule has 0 aromatic heterocycles. The number of anilines is 3. The van der Waals surface area contributed by atoms with E-state index in [0.29, 0.717) is 41.9 Å². The predicted octanol–water partition coefficient (Wildman–Crippen LogP) is 4.66. The number of hydrogen-bond acceptors (Lipinski definition) is 5. The van der Waals surface area contributed by atoms with Crippen LogP contribution in [-0.2, 0) is 15.2 Å². The van der Waals surface area contributed by atoms with Crippen molar-refractivity contribution in [2.45, 2.75) is 31.8 Å². The van der Waals surface area contributed by atoms with Crippen molar-refractivity contribution in [1.82, 2.24) is 0 Å². The van der Waals surface area contributed by atoms with E-state index in [1.807, 2.05) is 60.7 Å². The first-order valence-electron chi connectivity index (χ1n) is 12.4. The predicted molar refractivity (Wildman–Crippen MR) is 144 cm³/mol. The Hall–Kier alpha value is -4.07. The lowest BCUT2D eigenvalue weighted by Gasteiger charge is -2.28. The lowest BCUT2D eigenvalue weighted by atomic mass is 9.82. The molecule has 7 heteroatoms. The third kappa shape index (κ3) is 4.37. The average Bonchev–Trinajstić information content (AvgIpc) is 3.16. The largest absolute Gasteiger partial charge is 0.396 e. The first-order chi connectivity index (χ1) is 17.9. The highest BCUT2D eigenvalue weighted by molar-refractivity contribution is 6.13. The molecule has 0 aliphatic carbocycles. The van der Waals surface area contributed by atoms with E-state index >= 15 is 0 Å². The smallest absolute Gasteiger partial charge is 0.268 e. The Labute approximate surface area is 216 Å². The molecule has 0 saturated heterocycles. The molecule has 5 rings (SSSR count). The van der Waals surface area contributed by atoms with Gasteiger partial charge in [-0.3, -0.25) is 14.5 Å². The van der Waals surface area contributed by atoms with Gasteiger partial charge in [0.1, 0.15) is 0 Å². The molecule has 0 fully saturated rings. The molecule has 0 saturated carbocycles. The standard InChI is InChI=1S/C30H29N3O4/c1-21(10-8-9-19-34)30(37)25-20-24(15-17-27(25)32(29(30)36)23-13-6-3-7-14-23)33-28(35)18-16-26(31-33)22-11-4-2-5-12-22/h2-8,10-15,17,20-21,34,37H,9,16,18-19H2,1H3/b10-8+/t21-,30+/m0/s1. The Morgan fingerprint density at radius 3 is 2.38 bits per heavy atom. The number of aliphatic hydroxyl groups is 2. The Morgan fingerprint density at radius 2 is 1.68 bits per heavy atom. The quantitative estimate of drug-likeness (QED) is 0.467. The Morgan fingerprint density at radius 1 is 0.973 bits per heavy atom. The molecule has 0 unspecified atom stereocenters. The Balaban J connectivity index is 1.62. The van der Waals surface area contributed by atoms with Crippen LogP contribution in [0.4, 0.5) is 17.1 Å². The maximum atomic E-state index is 13.8. The molecular weight excluding hydrogens is 466 g/mol. The minimum absolute atomic E-state index is 0.0225. The van der Waals surface area contributed by atoms with Crippen LogP contribution in [0.5, 0.6) is 0 Å². The number of para-hydroxylation sites is 1. The summed E-state index contributed by atoms with van der Waals surface area (Å²) in [5.41, 5.74) is 1.99. The third-order valence-electron chi connectivity index (χ3n) is 6.94. The summed E-state index contributed by atoms with van der Waals surface area (Å²) in [6, 6.07) is 24.1. The number of nitrogens with zero attached hydrogens (tertiary/aromatic N) is 3. The summed E-state index contributed by atoms with van der Waals surface area (Å²) in [4.78, 5) is 28.3.